The normalized spacial score (nSPS) is 13.4. The molecule has 0 spiro atoms. The maximum atomic E-state index is 11.1. The predicted octanol–water partition coefficient (Wildman–Crippen LogP) is 7.77. The SMILES string of the molecule is C.CC(=O)CCC(CC(C)(C)C)C(N)=O.CC(=O)CCC(CC(C)(C)C)C(N)=O.CC(C)(C)CC(CO)C(N)=O.CCCC(C)(C)C. The zero-order valence-corrected chi connectivity index (χ0v) is 32.5. The average molecular weight is 674 g/mol. The molecule has 47 heavy (non-hydrogen) atoms. The molecule has 0 aliphatic rings. The van der Waals surface area contributed by atoms with E-state index < -0.39 is 11.8 Å². The second-order valence-corrected chi connectivity index (χ2v) is 17.6. The first-order valence-corrected chi connectivity index (χ1v) is 16.8. The fourth-order valence-electron chi connectivity index (χ4n) is 4.67. The van der Waals surface area contributed by atoms with Crippen molar-refractivity contribution in [3.63, 3.8) is 0 Å². The minimum Gasteiger partial charge on any atom is -0.396 e. The van der Waals surface area contributed by atoms with Crippen molar-refractivity contribution in [3.8, 4) is 0 Å². The molecule has 0 radical (unpaired) electrons. The van der Waals surface area contributed by atoms with Gasteiger partial charge >= 0.3 is 0 Å². The lowest BCUT2D eigenvalue weighted by molar-refractivity contribution is -0.124. The number of rotatable bonds is 14. The molecule has 282 valence electrons. The number of aliphatic hydroxyl groups excluding tert-OH is 1. The van der Waals surface area contributed by atoms with Gasteiger partial charge in [-0.1, -0.05) is 104 Å². The summed E-state index contributed by atoms with van der Waals surface area (Å²) in [6.07, 6.45) is 6.85. The quantitative estimate of drug-likeness (QED) is 0.146. The van der Waals surface area contributed by atoms with E-state index in [2.05, 4.69) is 69.2 Å². The minimum absolute atomic E-state index is 0. The summed E-state index contributed by atoms with van der Waals surface area (Å²) in [5.74, 6) is -1.49. The van der Waals surface area contributed by atoms with Crippen molar-refractivity contribution in [2.24, 2.45) is 56.6 Å². The van der Waals surface area contributed by atoms with E-state index in [1.54, 1.807) is 0 Å². The summed E-state index contributed by atoms with van der Waals surface area (Å²) >= 11 is 0. The summed E-state index contributed by atoms with van der Waals surface area (Å²) in [7, 11) is 0. The Kier molecular flexibility index (Phi) is 29.6. The van der Waals surface area contributed by atoms with Gasteiger partial charge in [0.2, 0.25) is 17.7 Å². The number of primary amides is 3. The number of aliphatic hydroxyl groups is 1. The van der Waals surface area contributed by atoms with Gasteiger partial charge in [-0.25, -0.2) is 0 Å². The van der Waals surface area contributed by atoms with Crippen molar-refractivity contribution in [3.05, 3.63) is 0 Å². The Morgan fingerprint density at radius 3 is 0.894 bits per heavy atom. The molecule has 9 nitrogen and oxygen atoms in total. The van der Waals surface area contributed by atoms with Gasteiger partial charge in [0.1, 0.15) is 11.6 Å². The Labute approximate surface area is 290 Å². The van der Waals surface area contributed by atoms with E-state index in [0.717, 1.165) is 12.8 Å². The largest absolute Gasteiger partial charge is 0.396 e. The molecule has 0 fully saturated rings. The third-order valence-corrected chi connectivity index (χ3v) is 6.69. The number of amides is 3. The lowest BCUT2D eigenvalue weighted by atomic mass is 9.82. The number of Topliss-reactive ketones (excluding diaryl/α,β-unsaturated/α-hetero) is 2. The van der Waals surface area contributed by atoms with Crippen LogP contribution in [-0.4, -0.2) is 41.0 Å². The van der Waals surface area contributed by atoms with Gasteiger partial charge in [0.25, 0.3) is 0 Å². The van der Waals surface area contributed by atoms with Crippen molar-refractivity contribution in [1.29, 1.82) is 0 Å². The number of carbonyl (C=O) groups excluding carboxylic acids is 5. The van der Waals surface area contributed by atoms with Crippen LogP contribution in [0.5, 0.6) is 0 Å². The summed E-state index contributed by atoms with van der Waals surface area (Å²) in [4.78, 5) is 54.4. The number of nitrogens with two attached hydrogens (primary N) is 3. The molecule has 0 rings (SSSR count). The molecule has 3 atom stereocenters. The molecule has 0 saturated heterocycles. The summed E-state index contributed by atoms with van der Waals surface area (Å²) in [6, 6.07) is 0. The van der Waals surface area contributed by atoms with Crippen LogP contribution in [0.3, 0.4) is 0 Å². The van der Waals surface area contributed by atoms with Crippen LogP contribution in [-0.2, 0) is 24.0 Å². The lowest BCUT2D eigenvalue weighted by Gasteiger charge is -2.23. The summed E-state index contributed by atoms with van der Waals surface area (Å²) in [5, 5.41) is 8.76. The highest BCUT2D eigenvalue weighted by atomic mass is 16.3. The van der Waals surface area contributed by atoms with Crippen LogP contribution in [0.1, 0.15) is 169 Å². The van der Waals surface area contributed by atoms with Crippen LogP contribution in [0.25, 0.3) is 0 Å². The topological polar surface area (TPSA) is 184 Å². The Morgan fingerprint density at radius 1 is 0.532 bits per heavy atom. The molecule has 0 aromatic rings. The predicted molar refractivity (Wildman–Crippen MR) is 198 cm³/mol. The van der Waals surface area contributed by atoms with Gasteiger partial charge in [0.15, 0.2) is 0 Å². The van der Waals surface area contributed by atoms with Crippen molar-refractivity contribution in [1.82, 2.24) is 0 Å². The third-order valence-electron chi connectivity index (χ3n) is 6.69. The molecule has 0 saturated carbocycles. The molecule has 0 aromatic carbocycles. The fraction of sp³-hybridized carbons (Fsp3) is 0.868. The van der Waals surface area contributed by atoms with Gasteiger partial charge < -0.3 is 31.9 Å². The molecule has 7 N–H and O–H groups in total. The molecule has 0 aromatic heterocycles. The van der Waals surface area contributed by atoms with Crippen LogP contribution in [0.2, 0.25) is 0 Å². The molecular weight excluding hydrogens is 594 g/mol. The van der Waals surface area contributed by atoms with Gasteiger partial charge in [-0.05, 0) is 74.0 Å². The van der Waals surface area contributed by atoms with Crippen molar-refractivity contribution >= 4 is 29.3 Å². The smallest absolute Gasteiger partial charge is 0.222 e. The third kappa shape index (κ3) is 45.9. The molecule has 0 heterocycles. The van der Waals surface area contributed by atoms with E-state index in [-0.39, 0.29) is 65.5 Å². The number of ketones is 2. The van der Waals surface area contributed by atoms with Gasteiger partial charge in [0.05, 0.1) is 12.5 Å². The molecule has 3 amide bonds. The Hall–Kier alpha value is -2.29. The molecule has 9 heteroatoms. The molecule has 0 bridgehead atoms. The summed E-state index contributed by atoms with van der Waals surface area (Å²) in [5.41, 5.74) is 16.4. The maximum absolute atomic E-state index is 11.1. The molecular formula is C38H79N3O6. The first-order valence-electron chi connectivity index (χ1n) is 16.8. The zero-order chi connectivity index (χ0) is 37.7. The minimum atomic E-state index is -0.414. The van der Waals surface area contributed by atoms with Crippen LogP contribution in [0, 0.1) is 39.4 Å². The zero-order valence-electron chi connectivity index (χ0n) is 32.5. The van der Waals surface area contributed by atoms with Crippen molar-refractivity contribution in [2.75, 3.05) is 6.61 Å². The Morgan fingerprint density at radius 2 is 0.787 bits per heavy atom. The van der Waals surface area contributed by atoms with Crippen LogP contribution in [0.15, 0.2) is 0 Å². The molecule has 0 aliphatic heterocycles. The van der Waals surface area contributed by atoms with Crippen LogP contribution in [0.4, 0.5) is 0 Å². The monoisotopic (exact) mass is 674 g/mol. The highest BCUT2D eigenvalue weighted by molar-refractivity contribution is 5.80. The second kappa shape index (κ2) is 25.7. The molecule has 3 unspecified atom stereocenters. The van der Waals surface area contributed by atoms with Crippen LogP contribution < -0.4 is 17.2 Å². The summed E-state index contributed by atoms with van der Waals surface area (Å²) in [6.45, 7) is 30.4. The van der Waals surface area contributed by atoms with Crippen molar-refractivity contribution < 1.29 is 29.1 Å². The Bertz CT molecular complexity index is 839. The standard InChI is InChI=1S/2C11H21NO2.C8H17NO2.C7H16.CH4/c2*1-8(13)5-6-9(10(12)14)7-11(2,3)4;1-8(2,3)4-6(5-10)7(9)11;1-5-6-7(2,3)4;/h2*9H,5-7H2,1-4H3,(H2,12,14);6,10H,4-5H2,1-3H3,(H2,9,11);5-6H2,1-4H3;1H4. The number of hydrogen-bond donors (Lipinski definition) is 4. The number of hydrogen-bond acceptors (Lipinski definition) is 6. The van der Waals surface area contributed by atoms with E-state index in [9.17, 15) is 24.0 Å². The van der Waals surface area contributed by atoms with E-state index in [4.69, 9.17) is 22.3 Å². The van der Waals surface area contributed by atoms with E-state index in [0.29, 0.717) is 37.5 Å². The first kappa shape index (κ1) is 54.2. The van der Waals surface area contributed by atoms with E-state index >= 15 is 0 Å². The van der Waals surface area contributed by atoms with Gasteiger partial charge in [-0.3, -0.25) is 14.4 Å². The van der Waals surface area contributed by atoms with Gasteiger partial charge in [-0.15, -0.1) is 0 Å². The fourth-order valence-corrected chi connectivity index (χ4v) is 4.67. The summed E-state index contributed by atoms with van der Waals surface area (Å²) < 4.78 is 0. The first-order chi connectivity index (χ1) is 20.4. The average Bonchev–Trinajstić information content (AvgIpc) is 2.80. The highest BCUT2D eigenvalue weighted by Crippen LogP contribution is 2.28. The van der Waals surface area contributed by atoms with Gasteiger partial charge in [-0.2, -0.15) is 0 Å². The van der Waals surface area contributed by atoms with Crippen molar-refractivity contribution in [2.45, 2.75) is 169 Å². The van der Waals surface area contributed by atoms with Gasteiger partial charge in [0, 0.05) is 24.7 Å². The molecule has 0 aliphatic carbocycles. The lowest BCUT2D eigenvalue weighted by Crippen LogP contribution is -2.29. The maximum Gasteiger partial charge on any atom is 0.222 e. The van der Waals surface area contributed by atoms with E-state index in [1.807, 2.05) is 20.8 Å². The second-order valence-electron chi connectivity index (χ2n) is 17.6. The Balaban J connectivity index is -0.000000170. The van der Waals surface area contributed by atoms with E-state index in [1.165, 1.54) is 26.7 Å². The number of carbonyl (C=O) groups is 5. The van der Waals surface area contributed by atoms with Crippen LogP contribution >= 0.6 is 0 Å². The highest BCUT2D eigenvalue weighted by Gasteiger charge is 2.24.